The number of carbonyl (C=O) groups excluding carboxylic acids is 3. The van der Waals surface area contributed by atoms with Crippen molar-refractivity contribution in [2.24, 2.45) is 5.92 Å². The number of hydrogen-bond acceptors (Lipinski definition) is 14. The van der Waals surface area contributed by atoms with Crippen LogP contribution >= 0.6 is 0 Å². The Morgan fingerprint density at radius 1 is 0.708 bits per heavy atom. The molecule has 4 heterocycles. The van der Waals surface area contributed by atoms with Gasteiger partial charge in [0.05, 0.1) is 62.3 Å². The van der Waals surface area contributed by atoms with Gasteiger partial charge >= 0.3 is 6.09 Å². The summed E-state index contributed by atoms with van der Waals surface area (Å²) in [6.07, 6.45) is 3.96. The number of alkyl carbamates (subject to hydrolysis) is 1. The summed E-state index contributed by atoms with van der Waals surface area (Å²) in [5.74, 6) is 1.72. The monoisotopic (exact) mass is 904 g/mol. The van der Waals surface area contributed by atoms with Crippen molar-refractivity contribution in [3.63, 3.8) is 0 Å². The zero-order valence-corrected chi connectivity index (χ0v) is 38.5. The van der Waals surface area contributed by atoms with Crippen LogP contribution in [0.3, 0.4) is 0 Å². The molecule has 6 unspecified atom stereocenters. The molecule has 5 N–H and O–H groups in total. The molecule has 2 aromatic heterocycles. The molecule has 6 atom stereocenters. The molecule has 65 heavy (non-hydrogen) atoms. The second kappa shape index (κ2) is 23.1. The van der Waals surface area contributed by atoms with Crippen LogP contribution in [-0.4, -0.2) is 152 Å². The van der Waals surface area contributed by atoms with E-state index in [9.17, 15) is 19.5 Å². The Hall–Kier alpha value is -5.57. The van der Waals surface area contributed by atoms with Gasteiger partial charge in [-0.05, 0) is 61.8 Å². The number of ether oxygens (including phenoxy) is 7. The molecule has 19 heteroatoms. The zero-order valence-electron chi connectivity index (χ0n) is 38.5. The highest BCUT2D eigenvalue weighted by Gasteiger charge is 2.40. The van der Waals surface area contributed by atoms with Gasteiger partial charge in [0.25, 0.3) is 0 Å². The molecule has 2 fully saturated rings. The molecule has 0 spiro atoms. The molecular formula is C46H64N8O11. The number of imidazole rings is 2. The number of aliphatic hydroxyl groups is 1. The molecule has 2 saturated heterocycles. The van der Waals surface area contributed by atoms with Gasteiger partial charge in [-0.25, -0.2) is 14.8 Å². The minimum absolute atomic E-state index is 0.139. The lowest BCUT2D eigenvalue weighted by atomic mass is 9.98. The number of H-pyrrole nitrogens is 2. The fourth-order valence-corrected chi connectivity index (χ4v) is 8.32. The van der Waals surface area contributed by atoms with Crippen molar-refractivity contribution < 1.29 is 52.6 Å². The van der Waals surface area contributed by atoms with Crippen molar-refractivity contribution in [3.05, 3.63) is 60.4 Å². The summed E-state index contributed by atoms with van der Waals surface area (Å²) in [4.78, 5) is 59.7. The number of nitrogens with zero attached hydrogens (tertiary/aromatic N) is 4. The number of rotatable bonds is 22. The van der Waals surface area contributed by atoms with Crippen LogP contribution in [0.1, 0.15) is 70.2 Å². The topological polar surface area (TPSA) is 224 Å². The highest BCUT2D eigenvalue weighted by molar-refractivity contribution is 5.87. The van der Waals surface area contributed by atoms with Gasteiger partial charge in [0.15, 0.2) is 11.5 Å². The number of methoxy groups -OCH3 is 5. The van der Waals surface area contributed by atoms with Crippen molar-refractivity contribution in [3.8, 4) is 45.1 Å². The quantitative estimate of drug-likeness (QED) is 0.0528. The van der Waals surface area contributed by atoms with Crippen LogP contribution < -0.4 is 20.1 Å². The lowest BCUT2D eigenvalue weighted by molar-refractivity contribution is -0.148. The molecule has 354 valence electrons. The standard InChI is InChI=1S/C46H64N8O11/c1-27(2)37(51-45(57)62-7)43(55)53-19-9-11-35(53)41-47-25-33(49-41)30-15-13-29(14-16-30)31-17-18-32(40(65-24-22-60-5)39(31)64-23-21-59-4)34-26-48-42(50-34)36-12-10-20-54(36)44(56)38(28(3)61-6)52-46(58)63-8/h13-18,25-28,35-38,46,52,58H,9-12,19-24H2,1-8H3,(H,47,49)(H,48,50)(H,51,57). The van der Waals surface area contributed by atoms with E-state index in [4.69, 9.17) is 43.1 Å². The van der Waals surface area contributed by atoms with E-state index in [2.05, 4.69) is 20.6 Å². The Kier molecular flexibility index (Phi) is 17.3. The highest BCUT2D eigenvalue weighted by Crippen LogP contribution is 2.46. The molecule has 4 aromatic rings. The average Bonchev–Trinajstić information content (AvgIpc) is 4.17. The van der Waals surface area contributed by atoms with Gasteiger partial charge in [-0.2, -0.15) is 0 Å². The summed E-state index contributed by atoms with van der Waals surface area (Å²) in [5, 5.41) is 15.7. The van der Waals surface area contributed by atoms with E-state index < -0.39 is 30.7 Å². The number of likely N-dealkylation sites (tertiary alicyclic amines) is 2. The maximum Gasteiger partial charge on any atom is 0.407 e. The molecular weight excluding hydrogens is 841 g/mol. The first kappa shape index (κ1) is 48.9. The van der Waals surface area contributed by atoms with Crippen molar-refractivity contribution in [2.75, 3.05) is 75.1 Å². The van der Waals surface area contributed by atoms with Gasteiger partial charge in [0.1, 0.15) is 36.9 Å². The summed E-state index contributed by atoms with van der Waals surface area (Å²) in [6.45, 7) is 7.76. The Morgan fingerprint density at radius 2 is 1.23 bits per heavy atom. The molecule has 6 rings (SSSR count). The lowest BCUT2D eigenvalue weighted by Gasteiger charge is -2.31. The van der Waals surface area contributed by atoms with E-state index in [0.717, 1.165) is 41.6 Å². The molecule has 0 aliphatic carbocycles. The molecule has 0 radical (unpaired) electrons. The van der Waals surface area contributed by atoms with Gasteiger partial charge in [0.2, 0.25) is 18.2 Å². The maximum atomic E-state index is 14.0. The smallest absolute Gasteiger partial charge is 0.407 e. The molecule has 0 bridgehead atoms. The van der Waals surface area contributed by atoms with Gasteiger partial charge < -0.3 is 63.3 Å². The highest BCUT2D eigenvalue weighted by atomic mass is 16.6. The van der Waals surface area contributed by atoms with E-state index in [1.54, 1.807) is 43.3 Å². The molecule has 3 amide bonds. The third-order valence-electron chi connectivity index (χ3n) is 11.9. The van der Waals surface area contributed by atoms with E-state index in [-0.39, 0.29) is 43.0 Å². The van der Waals surface area contributed by atoms with Gasteiger partial charge in [-0.15, -0.1) is 0 Å². The summed E-state index contributed by atoms with van der Waals surface area (Å²) in [6, 6.07) is 9.72. The van der Waals surface area contributed by atoms with Crippen molar-refractivity contribution in [1.82, 2.24) is 40.4 Å². The molecule has 19 nitrogen and oxygen atoms in total. The van der Waals surface area contributed by atoms with Crippen LogP contribution in [0.5, 0.6) is 11.5 Å². The molecule has 2 aromatic carbocycles. The molecule has 0 saturated carbocycles. The summed E-state index contributed by atoms with van der Waals surface area (Å²) in [5.41, 5.74) is 4.70. The Bertz CT molecular complexity index is 2180. The van der Waals surface area contributed by atoms with Crippen LogP contribution in [0.15, 0.2) is 48.8 Å². The van der Waals surface area contributed by atoms with Gasteiger partial charge in [-0.1, -0.05) is 38.1 Å². The minimum Gasteiger partial charge on any atom is -0.487 e. The third-order valence-corrected chi connectivity index (χ3v) is 11.9. The first-order chi connectivity index (χ1) is 31.4. The first-order valence-corrected chi connectivity index (χ1v) is 22.0. The second-order valence-electron chi connectivity index (χ2n) is 16.4. The van der Waals surface area contributed by atoms with Crippen molar-refractivity contribution >= 4 is 17.9 Å². The number of amides is 3. The largest absolute Gasteiger partial charge is 0.487 e. The van der Waals surface area contributed by atoms with Crippen molar-refractivity contribution in [1.29, 1.82) is 0 Å². The average molecular weight is 905 g/mol. The van der Waals surface area contributed by atoms with Crippen LogP contribution in [0.25, 0.3) is 33.6 Å². The van der Waals surface area contributed by atoms with E-state index >= 15 is 0 Å². The molecule has 2 aliphatic rings. The summed E-state index contributed by atoms with van der Waals surface area (Å²) < 4.78 is 38.9. The number of aromatic amines is 2. The molecule has 2 aliphatic heterocycles. The summed E-state index contributed by atoms with van der Waals surface area (Å²) >= 11 is 0. The number of aromatic nitrogens is 4. The van der Waals surface area contributed by atoms with E-state index in [0.29, 0.717) is 67.1 Å². The fourth-order valence-electron chi connectivity index (χ4n) is 8.32. The van der Waals surface area contributed by atoms with Crippen LogP contribution in [0, 0.1) is 5.92 Å². The normalized spacial score (nSPS) is 18.1. The fraction of sp³-hybridized carbons (Fsp3) is 0.543. The first-order valence-electron chi connectivity index (χ1n) is 22.0. The number of benzene rings is 2. The predicted molar refractivity (Wildman–Crippen MR) is 240 cm³/mol. The van der Waals surface area contributed by atoms with E-state index in [1.165, 1.54) is 21.3 Å². The van der Waals surface area contributed by atoms with Crippen LogP contribution in [0.2, 0.25) is 0 Å². The zero-order chi connectivity index (χ0) is 46.6. The third kappa shape index (κ3) is 11.5. The van der Waals surface area contributed by atoms with Crippen LogP contribution in [-0.2, 0) is 33.3 Å². The van der Waals surface area contributed by atoms with Crippen LogP contribution in [0.4, 0.5) is 4.79 Å². The SMILES string of the molecule is COCCOc1c(-c2ccc(-c3cnc(C4CCCN4C(=O)C(NC(=O)OC)C(C)C)[nH]3)cc2)ccc(-c2cnc(C3CCCN3C(=O)C(NC(O)OC)C(C)OC)[nH]2)c1OCCOC. The number of hydrogen-bond donors (Lipinski definition) is 5. The number of carbonyl (C=O) groups is 3. The Labute approximate surface area is 379 Å². The lowest BCUT2D eigenvalue weighted by Crippen LogP contribution is -2.55. The van der Waals surface area contributed by atoms with Crippen molar-refractivity contribution in [2.45, 2.75) is 83.1 Å². The number of nitrogens with one attached hydrogen (secondary N) is 4. The number of aliphatic hydroxyl groups excluding tert-OH is 1. The second-order valence-corrected chi connectivity index (χ2v) is 16.4. The predicted octanol–water partition coefficient (Wildman–Crippen LogP) is 4.81. The maximum absolute atomic E-state index is 14.0. The Morgan fingerprint density at radius 3 is 1.77 bits per heavy atom. The summed E-state index contributed by atoms with van der Waals surface area (Å²) in [7, 11) is 7.36. The minimum atomic E-state index is -1.35. The van der Waals surface area contributed by atoms with E-state index in [1.807, 2.05) is 50.2 Å². The van der Waals surface area contributed by atoms with Gasteiger partial charge in [-0.3, -0.25) is 14.9 Å². The van der Waals surface area contributed by atoms with Gasteiger partial charge in [0, 0.05) is 52.7 Å². The Balaban J connectivity index is 1.28.